The third-order valence-electron chi connectivity index (χ3n) is 3.56. The van der Waals surface area contributed by atoms with E-state index >= 15 is 0 Å². The molecule has 0 saturated carbocycles. The summed E-state index contributed by atoms with van der Waals surface area (Å²) in [4.78, 5) is 13.1. The number of tetrazole rings is 1. The highest BCUT2D eigenvalue weighted by Crippen LogP contribution is 2.19. The average molecular weight is 342 g/mol. The summed E-state index contributed by atoms with van der Waals surface area (Å²) in [6.07, 6.45) is 0. The summed E-state index contributed by atoms with van der Waals surface area (Å²) < 4.78 is 1.68. The lowest BCUT2D eigenvalue weighted by atomic mass is 10.2. The zero-order valence-corrected chi connectivity index (χ0v) is 14.3. The number of hydrogen-bond donors (Lipinski definition) is 2. The van der Waals surface area contributed by atoms with E-state index in [2.05, 4.69) is 26.2 Å². The number of aromatic nitrogens is 4. The van der Waals surface area contributed by atoms with Crippen LogP contribution in [0.1, 0.15) is 16.3 Å². The molecule has 3 aromatic rings. The summed E-state index contributed by atoms with van der Waals surface area (Å²) in [5, 5.41) is 19.6. The van der Waals surface area contributed by atoms with Crippen LogP contribution < -0.4 is 10.6 Å². The van der Waals surface area contributed by atoms with Crippen molar-refractivity contribution in [3.8, 4) is 5.69 Å². The molecule has 0 spiro atoms. The van der Waals surface area contributed by atoms with Gasteiger partial charge in [-0.3, -0.25) is 4.79 Å². The van der Waals surface area contributed by atoms with Gasteiger partial charge in [0.05, 0.1) is 18.8 Å². The largest absolute Gasteiger partial charge is 0.376 e. The second-order valence-corrected chi connectivity index (χ2v) is 6.38. The van der Waals surface area contributed by atoms with Gasteiger partial charge in [0, 0.05) is 10.6 Å². The van der Waals surface area contributed by atoms with Gasteiger partial charge in [0.25, 0.3) is 0 Å². The van der Waals surface area contributed by atoms with E-state index in [1.54, 1.807) is 16.0 Å². The van der Waals surface area contributed by atoms with Crippen LogP contribution in [0, 0.1) is 13.8 Å². The number of carbonyl (C=O) groups is 1. The van der Waals surface area contributed by atoms with E-state index in [-0.39, 0.29) is 12.5 Å². The molecule has 0 saturated heterocycles. The Morgan fingerprint density at radius 1 is 1.29 bits per heavy atom. The van der Waals surface area contributed by atoms with E-state index in [1.165, 1.54) is 0 Å². The standard InChI is InChI=1S/C16H18N6OS/c1-11-5-6-13(8-15(11)22-12(2)19-20-21-22)17-10-16(23)18-9-14-4-3-7-24-14/h3-8,17H,9-10H2,1-2H3,(H,18,23). The van der Waals surface area contributed by atoms with Crippen LogP contribution in [0.25, 0.3) is 5.69 Å². The Labute approximate surface area is 143 Å². The van der Waals surface area contributed by atoms with Gasteiger partial charge in [-0.25, -0.2) is 0 Å². The first kappa shape index (κ1) is 16.1. The Morgan fingerprint density at radius 3 is 2.88 bits per heavy atom. The topological polar surface area (TPSA) is 84.7 Å². The molecule has 0 aliphatic rings. The monoisotopic (exact) mass is 342 g/mol. The van der Waals surface area contributed by atoms with Gasteiger partial charge in [-0.15, -0.1) is 16.4 Å². The summed E-state index contributed by atoms with van der Waals surface area (Å²) in [5.74, 6) is 0.660. The molecule has 24 heavy (non-hydrogen) atoms. The molecule has 7 nitrogen and oxygen atoms in total. The first-order chi connectivity index (χ1) is 11.6. The molecule has 124 valence electrons. The predicted molar refractivity (Wildman–Crippen MR) is 93.3 cm³/mol. The van der Waals surface area contributed by atoms with E-state index in [9.17, 15) is 4.79 Å². The maximum Gasteiger partial charge on any atom is 0.239 e. The molecule has 0 bridgehead atoms. The van der Waals surface area contributed by atoms with Crippen LogP contribution in [-0.4, -0.2) is 32.7 Å². The number of thiophene rings is 1. The molecule has 0 fully saturated rings. The van der Waals surface area contributed by atoms with Crippen molar-refractivity contribution in [3.63, 3.8) is 0 Å². The Morgan fingerprint density at radius 2 is 2.17 bits per heavy atom. The van der Waals surface area contributed by atoms with Gasteiger partial charge in [-0.05, 0) is 53.4 Å². The molecule has 2 heterocycles. The van der Waals surface area contributed by atoms with E-state index in [1.807, 2.05) is 49.6 Å². The fourth-order valence-corrected chi connectivity index (χ4v) is 2.89. The maximum atomic E-state index is 11.9. The second-order valence-electron chi connectivity index (χ2n) is 5.35. The number of anilines is 1. The molecule has 8 heteroatoms. The van der Waals surface area contributed by atoms with Gasteiger partial charge in [-0.2, -0.15) is 4.68 Å². The molecule has 0 aliphatic carbocycles. The zero-order chi connectivity index (χ0) is 16.9. The highest BCUT2D eigenvalue weighted by molar-refractivity contribution is 7.09. The van der Waals surface area contributed by atoms with Gasteiger partial charge < -0.3 is 10.6 Å². The van der Waals surface area contributed by atoms with Crippen molar-refractivity contribution in [2.24, 2.45) is 0 Å². The predicted octanol–water partition coefficient (Wildman–Crippen LogP) is 2.07. The molecule has 0 atom stereocenters. The van der Waals surface area contributed by atoms with E-state index in [0.717, 1.165) is 21.8 Å². The number of benzene rings is 1. The molecule has 2 aromatic heterocycles. The Kier molecular flexibility index (Phi) is 4.85. The molecule has 3 rings (SSSR count). The summed E-state index contributed by atoms with van der Waals surface area (Å²) >= 11 is 1.63. The van der Waals surface area contributed by atoms with Crippen LogP contribution in [0.5, 0.6) is 0 Å². The van der Waals surface area contributed by atoms with E-state index in [0.29, 0.717) is 12.4 Å². The Hall–Kier alpha value is -2.74. The third-order valence-corrected chi connectivity index (χ3v) is 4.43. The molecular formula is C16H18N6OS. The normalized spacial score (nSPS) is 10.6. The van der Waals surface area contributed by atoms with E-state index in [4.69, 9.17) is 0 Å². The number of carbonyl (C=O) groups excluding carboxylic acids is 1. The second kappa shape index (κ2) is 7.22. The minimum absolute atomic E-state index is 0.0517. The third kappa shape index (κ3) is 3.77. The highest BCUT2D eigenvalue weighted by atomic mass is 32.1. The van der Waals surface area contributed by atoms with Crippen LogP contribution in [0.2, 0.25) is 0 Å². The number of hydrogen-bond acceptors (Lipinski definition) is 6. The number of amides is 1. The number of rotatable bonds is 6. The lowest BCUT2D eigenvalue weighted by molar-refractivity contribution is -0.119. The lowest BCUT2D eigenvalue weighted by Crippen LogP contribution is -2.29. The average Bonchev–Trinajstić information content (AvgIpc) is 3.24. The fourth-order valence-electron chi connectivity index (χ4n) is 2.25. The molecule has 1 aromatic carbocycles. The highest BCUT2D eigenvalue weighted by Gasteiger charge is 2.08. The molecule has 0 aliphatic heterocycles. The van der Waals surface area contributed by atoms with Crippen molar-refractivity contribution in [2.75, 3.05) is 11.9 Å². The molecule has 0 radical (unpaired) electrons. The Bertz CT molecular complexity index is 827. The van der Waals surface area contributed by atoms with Crippen LogP contribution in [0.4, 0.5) is 5.69 Å². The smallest absolute Gasteiger partial charge is 0.239 e. The minimum Gasteiger partial charge on any atom is -0.376 e. The van der Waals surface area contributed by atoms with Gasteiger partial charge >= 0.3 is 0 Å². The minimum atomic E-state index is -0.0517. The fraction of sp³-hybridized carbons (Fsp3) is 0.250. The molecule has 1 amide bonds. The summed E-state index contributed by atoms with van der Waals surface area (Å²) in [6.45, 7) is 4.61. The SMILES string of the molecule is Cc1ccc(NCC(=O)NCc2cccs2)cc1-n1nnnc1C. The van der Waals surface area contributed by atoms with Crippen molar-refractivity contribution < 1.29 is 4.79 Å². The molecular weight excluding hydrogens is 324 g/mol. The van der Waals surface area contributed by atoms with Crippen molar-refractivity contribution in [1.29, 1.82) is 0 Å². The molecule has 0 unspecified atom stereocenters. The quantitative estimate of drug-likeness (QED) is 0.716. The first-order valence-corrected chi connectivity index (χ1v) is 8.40. The van der Waals surface area contributed by atoms with Crippen LogP contribution >= 0.6 is 11.3 Å². The van der Waals surface area contributed by atoms with E-state index < -0.39 is 0 Å². The van der Waals surface area contributed by atoms with Gasteiger partial charge in [0.15, 0.2) is 5.82 Å². The number of nitrogens with zero attached hydrogens (tertiary/aromatic N) is 4. The molecule has 2 N–H and O–H groups in total. The maximum absolute atomic E-state index is 11.9. The van der Waals surface area contributed by atoms with Gasteiger partial charge in [0.2, 0.25) is 5.91 Å². The van der Waals surface area contributed by atoms with Gasteiger partial charge in [0.1, 0.15) is 0 Å². The first-order valence-electron chi connectivity index (χ1n) is 7.52. The van der Waals surface area contributed by atoms with Crippen molar-refractivity contribution >= 4 is 22.9 Å². The van der Waals surface area contributed by atoms with Crippen molar-refractivity contribution in [2.45, 2.75) is 20.4 Å². The zero-order valence-electron chi connectivity index (χ0n) is 13.5. The van der Waals surface area contributed by atoms with Gasteiger partial charge in [-0.1, -0.05) is 12.1 Å². The van der Waals surface area contributed by atoms with Crippen LogP contribution in [0.15, 0.2) is 35.7 Å². The number of nitrogens with one attached hydrogen (secondary N) is 2. The van der Waals surface area contributed by atoms with Crippen molar-refractivity contribution in [3.05, 3.63) is 52.0 Å². The van der Waals surface area contributed by atoms with Crippen LogP contribution in [-0.2, 0) is 11.3 Å². The summed E-state index contributed by atoms with van der Waals surface area (Å²) in [5.41, 5.74) is 2.79. The van der Waals surface area contributed by atoms with Crippen LogP contribution in [0.3, 0.4) is 0 Å². The Balaban J connectivity index is 1.61. The van der Waals surface area contributed by atoms with Crippen molar-refractivity contribution in [1.82, 2.24) is 25.5 Å². The summed E-state index contributed by atoms with van der Waals surface area (Å²) in [7, 11) is 0. The summed E-state index contributed by atoms with van der Waals surface area (Å²) in [6, 6.07) is 9.82. The number of aryl methyl sites for hydroxylation is 2. The lowest BCUT2D eigenvalue weighted by Gasteiger charge is -2.11.